The average Bonchev–Trinajstić information content (AvgIpc) is 3.90. The van der Waals surface area contributed by atoms with Crippen molar-refractivity contribution in [3.8, 4) is 22.6 Å². The zero-order chi connectivity index (χ0) is 43.3. The van der Waals surface area contributed by atoms with Crippen LogP contribution in [-0.4, -0.2) is 0 Å². The Morgan fingerprint density at radius 1 is 0.435 bits per heavy atom. The smallest absolute Gasteiger partial charge is 0.135 e. The first-order valence-electron chi connectivity index (χ1n) is 21.5. The lowest BCUT2D eigenvalue weighted by Crippen LogP contribution is -2.17. The zero-order valence-corrected chi connectivity index (χ0v) is 37.6. The van der Waals surface area contributed by atoms with Crippen LogP contribution in [0.15, 0.2) is 179 Å². The minimum absolute atomic E-state index is 0.00834. The predicted octanol–water partition coefficient (Wildman–Crippen LogP) is 17.8. The molecule has 9 aromatic rings. The first-order valence-corrected chi connectivity index (χ1v) is 21.9. The topological polar surface area (TPSA) is 32.8 Å². The summed E-state index contributed by atoms with van der Waals surface area (Å²) in [6, 6.07) is 59.9. The highest BCUT2D eigenvalue weighted by Gasteiger charge is 2.26. The number of nitrogens with zero attached hydrogens (tertiary/aromatic N) is 2. The van der Waals surface area contributed by atoms with E-state index >= 15 is 0 Å². The average molecular weight is 834 g/mol. The summed E-state index contributed by atoms with van der Waals surface area (Å²) >= 11 is 7.98. The molecule has 5 heteroatoms. The van der Waals surface area contributed by atoms with Crippen molar-refractivity contribution in [2.24, 2.45) is 0 Å². The van der Waals surface area contributed by atoms with Crippen LogP contribution in [0.1, 0.15) is 78.0 Å². The molecule has 0 aliphatic rings. The van der Waals surface area contributed by atoms with Gasteiger partial charge in [-0.05, 0) is 118 Å². The van der Waals surface area contributed by atoms with Crippen molar-refractivity contribution in [2.75, 3.05) is 9.80 Å². The standard InChI is InChI=1S/C57H53ClN2O2/c1-37(2)42-33-49(59(45-27-23-43(24-28-45)56(3,4)5)46-29-25-44(26-30-46)57(6,7)8)55(58)50(34-42)60(47-19-13-17-38(31-47)53-35-40-15-9-11-21-51(40)61-53)48-20-14-18-39(32-48)54-36-41-16-10-12-22-52(41)62-54/h9-37H,1-8H3. The van der Waals surface area contributed by atoms with Gasteiger partial charge < -0.3 is 18.6 Å². The highest BCUT2D eigenvalue weighted by molar-refractivity contribution is 6.36. The number of fused-ring (bicyclic) bond motifs is 2. The lowest BCUT2D eigenvalue weighted by Gasteiger charge is -2.33. The number of hydrogen-bond acceptors (Lipinski definition) is 4. The summed E-state index contributed by atoms with van der Waals surface area (Å²) in [4.78, 5) is 4.59. The molecule has 0 aliphatic carbocycles. The van der Waals surface area contributed by atoms with E-state index in [2.05, 4.69) is 199 Å². The van der Waals surface area contributed by atoms with Crippen molar-refractivity contribution in [3.63, 3.8) is 0 Å². The Morgan fingerprint density at radius 2 is 0.839 bits per heavy atom. The first kappa shape index (κ1) is 40.9. The van der Waals surface area contributed by atoms with E-state index < -0.39 is 0 Å². The van der Waals surface area contributed by atoms with Crippen molar-refractivity contribution >= 4 is 67.7 Å². The minimum atomic E-state index is 0.00834. The molecule has 0 saturated heterocycles. The van der Waals surface area contributed by atoms with Gasteiger partial charge in [-0.15, -0.1) is 0 Å². The second kappa shape index (κ2) is 16.1. The molecule has 4 nitrogen and oxygen atoms in total. The van der Waals surface area contributed by atoms with Crippen molar-refractivity contribution in [2.45, 2.75) is 72.1 Å². The van der Waals surface area contributed by atoms with Gasteiger partial charge in [-0.2, -0.15) is 0 Å². The molecule has 0 bridgehead atoms. The Balaban J connectivity index is 1.27. The zero-order valence-electron chi connectivity index (χ0n) is 36.8. The molecular formula is C57H53ClN2O2. The van der Waals surface area contributed by atoms with E-state index in [1.807, 2.05) is 36.4 Å². The quantitative estimate of drug-likeness (QED) is 0.145. The molecule has 0 saturated carbocycles. The largest absolute Gasteiger partial charge is 0.456 e. The van der Waals surface area contributed by atoms with Crippen LogP contribution in [-0.2, 0) is 10.8 Å². The molecule has 0 atom stereocenters. The summed E-state index contributed by atoms with van der Waals surface area (Å²) in [7, 11) is 0. The van der Waals surface area contributed by atoms with Gasteiger partial charge in [0.1, 0.15) is 22.7 Å². The number of halogens is 1. The summed E-state index contributed by atoms with van der Waals surface area (Å²) in [5, 5.41) is 2.75. The lowest BCUT2D eigenvalue weighted by molar-refractivity contribution is 0.590. The van der Waals surface area contributed by atoms with Crippen molar-refractivity contribution < 1.29 is 8.83 Å². The van der Waals surface area contributed by atoms with E-state index in [1.165, 1.54) is 11.1 Å². The second-order valence-electron chi connectivity index (χ2n) is 18.7. The van der Waals surface area contributed by atoms with Crippen LogP contribution in [0.5, 0.6) is 0 Å². The lowest BCUT2D eigenvalue weighted by atomic mass is 9.86. The molecule has 7 aromatic carbocycles. The molecule has 0 radical (unpaired) electrons. The van der Waals surface area contributed by atoms with Crippen LogP contribution in [0.2, 0.25) is 5.02 Å². The molecule has 2 aromatic heterocycles. The molecule has 0 spiro atoms. The van der Waals surface area contributed by atoms with Crippen LogP contribution >= 0.6 is 11.6 Å². The van der Waals surface area contributed by atoms with Gasteiger partial charge in [0, 0.05) is 44.6 Å². The molecule has 310 valence electrons. The number of anilines is 6. The molecule has 62 heavy (non-hydrogen) atoms. The summed E-state index contributed by atoms with van der Waals surface area (Å²) in [6.07, 6.45) is 0. The van der Waals surface area contributed by atoms with E-state index in [0.717, 1.165) is 84.3 Å². The number of rotatable bonds is 9. The maximum atomic E-state index is 7.98. The van der Waals surface area contributed by atoms with Gasteiger partial charge in [0.25, 0.3) is 0 Å². The Bertz CT molecular complexity index is 2790. The molecule has 0 amide bonds. The van der Waals surface area contributed by atoms with Crippen LogP contribution in [0.3, 0.4) is 0 Å². The normalized spacial score (nSPS) is 12.1. The van der Waals surface area contributed by atoms with Gasteiger partial charge in [0.2, 0.25) is 0 Å². The van der Waals surface area contributed by atoms with Crippen molar-refractivity contribution in [3.05, 3.63) is 192 Å². The minimum Gasteiger partial charge on any atom is -0.456 e. The van der Waals surface area contributed by atoms with Crippen LogP contribution < -0.4 is 9.80 Å². The van der Waals surface area contributed by atoms with Gasteiger partial charge in [-0.3, -0.25) is 0 Å². The fourth-order valence-corrected chi connectivity index (χ4v) is 8.47. The van der Waals surface area contributed by atoms with E-state index in [1.54, 1.807) is 0 Å². The highest BCUT2D eigenvalue weighted by Crippen LogP contribution is 2.50. The molecular weight excluding hydrogens is 780 g/mol. The second-order valence-corrected chi connectivity index (χ2v) is 19.1. The first-order chi connectivity index (χ1) is 29.7. The predicted molar refractivity (Wildman–Crippen MR) is 263 cm³/mol. The van der Waals surface area contributed by atoms with E-state index in [4.69, 9.17) is 20.4 Å². The summed E-state index contributed by atoms with van der Waals surface area (Å²) < 4.78 is 12.8. The number of para-hydroxylation sites is 2. The van der Waals surface area contributed by atoms with E-state index in [9.17, 15) is 0 Å². The van der Waals surface area contributed by atoms with Gasteiger partial charge in [0.05, 0.1) is 16.4 Å². The third-order valence-corrected chi connectivity index (χ3v) is 12.2. The maximum Gasteiger partial charge on any atom is 0.135 e. The third kappa shape index (κ3) is 8.03. The van der Waals surface area contributed by atoms with E-state index in [-0.39, 0.29) is 16.7 Å². The monoisotopic (exact) mass is 832 g/mol. The van der Waals surface area contributed by atoms with E-state index in [0.29, 0.717) is 5.02 Å². The SMILES string of the molecule is CC(C)c1cc(N(c2ccc(C(C)(C)C)cc2)c2ccc(C(C)(C)C)cc2)c(Cl)c(N(c2cccc(-c3cc4ccccc4o3)c2)c2cccc(-c3cc4ccccc4o3)c2)c1. The summed E-state index contributed by atoms with van der Waals surface area (Å²) in [6.45, 7) is 18.0. The van der Waals surface area contributed by atoms with Crippen molar-refractivity contribution in [1.82, 2.24) is 0 Å². The number of benzene rings is 7. The van der Waals surface area contributed by atoms with Gasteiger partial charge in [-0.1, -0.05) is 152 Å². The fourth-order valence-electron chi connectivity index (χ4n) is 8.19. The van der Waals surface area contributed by atoms with Crippen LogP contribution in [0.25, 0.3) is 44.6 Å². The third-order valence-electron chi connectivity index (χ3n) is 11.8. The Morgan fingerprint density at radius 3 is 1.23 bits per heavy atom. The number of furan rings is 2. The molecule has 9 rings (SSSR count). The molecule has 0 fully saturated rings. The molecule has 2 heterocycles. The highest BCUT2D eigenvalue weighted by atomic mass is 35.5. The van der Waals surface area contributed by atoms with Crippen LogP contribution in [0.4, 0.5) is 34.1 Å². The summed E-state index contributed by atoms with van der Waals surface area (Å²) in [5.41, 5.74) is 13.0. The summed E-state index contributed by atoms with van der Waals surface area (Å²) in [5.74, 6) is 1.80. The Hall–Kier alpha value is -6.49. The fraction of sp³-hybridized carbons (Fsp3) is 0.193. The van der Waals surface area contributed by atoms with Gasteiger partial charge >= 0.3 is 0 Å². The molecule has 0 unspecified atom stereocenters. The molecule has 0 aliphatic heterocycles. The molecule has 0 N–H and O–H groups in total. The van der Waals surface area contributed by atoms with Gasteiger partial charge in [0.15, 0.2) is 0 Å². The maximum absolute atomic E-state index is 7.98. The Kier molecular flexibility index (Phi) is 10.6. The van der Waals surface area contributed by atoms with Gasteiger partial charge in [-0.25, -0.2) is 0 Å². The Labute approximate surface area is 371 Å². The number of hydrogen-bond donors (Lipinski definition) is 0. The van der Waals surface area contributed by atoms with Crippen LogP contribution in [0, 0.1) is 0 Å². The van der Waals surface area contributed by atoms with Crippen molar-refractivity contribution in [1.29, 1.82) is 0 Å².